The molecule has 2 heterocycles. The molecule has 2 N–H and O–H groups in total. The van der Waals surface area contributed by atoms with E-state index in [1.807, 2.05) is 17.5 Å². The Kier molecular flexibility index (Phi) is 8.90. The van der Waals surface area contributed by atoms with Gasteiger partial charge in [0, 0.05) is 32.5 Å². The van der Waals surface area contributed by atoms with Crippen molar-refractivity contribution in [2.45, 2.75) is 16.6 Å². The molecule has 4 aromatic rings. The lowest BCUT2D eigenvalue weighted by molar-refractivity contribution is -0.121. The van der Waals surface area contributed by atoms with Crippen molar-refractivity contribution >= 4 is 87.4 Å². The molecule has 0 spiro atoms. The summed E-state index contributed by atoms with van der Waals surface area (Å²) in [6.07, 6.45) is 1.60. The molecule has 206 valence electrons. The Morgan fingerprint density at radius 3 is 2.51 bits per heavy atom. The predicted octanol–water partition coefficient (Wildman–Crippen LogP) is 6.89. The quantitative estimate of drug-likeness (QED) is 0.165. The number of carbonyl (C=O) groups excluding carboxylic acids is 4. The number of thiophene rings is 1. The van der Waals surface area contributed by atoms with E-state index >= 15 is 0 Å². The van der Waals surface area contributed by atoms with Gasteiger partial charge in [-0.15, -0.1) is 23.1 Å². The highest BCUT2D eigenvalue weighted by Gasteiger charge is 2.41. The Bertz CT molecular complexity index is 1660. The maximum absolute atomic E-state index is 13.3. The molecule has 0 bridgehead atoms. The van der Waals surface area contributed by atoms with Crippen LogP contribution in [0, 0.1) is 0 Å². The first-order valence-electron chi connectivity index (χ1n) is 12.3. The molecule has 7 nitrogen and oxygen atoms in total. The minimum atomic E-state index is -0.678. The number of amides is 4. The van der Waals surface area contributed by atoms with Crippen LogP contribution in [0.1, 0.15) is 21.7 Å². The topological polar surface area (TPSA) is 95.6 Å². The van der Waals surface area contributed by atoms with Crippen LogP contribution in [-0.2, 0) is 14.4 Å². The zero-order valence-corrected chi connectivity index (χ0v) is 24.3. The molecule has 1 aromatic heterocycles. The van der Waals surface area contributed by atoms with Crippen molar-refractivity contribution in [3.8, 4) is 0 Å². The molecule has 0 aliphatic carbocycles. The van der Waals surface area contributed by atoms with Gasteiger partial charge in [-0.25, -0.2) is 4.90 Å². The van der Waals surface area contributed by atoms with Crippen molar-refractivity contribution in [1.82, 2.24) is 5.32 Å². The number of nitrogens with one attached hydrogen (secondary N) is 2. The summed E-state index contributed by atoms with van der Waals surface area (Å²) in [5, 5.41) is 7.33. The van der Waals surface area contributed by atoms with Gasteiger partial charge in [0.1, 0.15) is 5.70 Å². The summed E-state index contributed by atoms with van der Waals surface area (Å²) in [6.45, 7) is 0. The minimum absolute atomic E-state index is 0.0118. The minimum Gasteiger partial charge on any atom is -0.321 e. The molecule has 0 unspecified atom stereocenters. The van der Waals surface area contributed by atoms with E-state index in [0.717, 1.165) is 9.78 Å². The molecule has 4 amide bonds. The van der Waals surface area contributed by atoms with Gasteiger partial charge in [-0.3, -0.25) is 19.2 Å². The van der Waals surface area contributed by atoms with Crippen LogP contribution in [-0.4, -0.2) is 28.9 Å². The van der Waals surface area contributed by atoms with E-state index in [-0.39, 0.29) is 28.7 Å². The first-order chi connectivity index (χ1) is 19.8. The maximum Gasteiger partial charge on any atom is 0.272 e. The summed E-state index contributed by atoms with van der Waals surface area (Å²) in [7, 11) is 0. The Morgan fingerprint density at radius 1 is 0.951 bits per heavy atom. The van der Waals surface area contributed by atoms with E-state index in [0.29, 0.717) is 21.2 Å². The van der Waals surface area contributed by atoms with Gasteiger partial charge in [-0.2, -0.15) is 0 Å². The molecule has 11 heteroatoms. The van der Waals surface area contributed by atoms with Gasteiger partial charge < -0.3 is 10.6 Å². The van der Waals surface area contributed by atoms with Gasteiger partial charge in [-0.05, 0) is 66.1 Å². The van der Waals surface area contributed by atoms with Gasteiger partial charge >= 0.3 is 0 Å². The number of hydrogen-bond donors (Lipinski definition) is 2. The highest BCUT2D eigenvalue weighted by molar-refractivity contribution is 8.00. The maximum atomic E-state index is 13.3. The molecule has 1 aliphatic heterocycles. The van der Waals surface area contributed by atoms with E-state index in [9.17, 15) is 19.2 Å². The van der Waals surface area contributed by atoms with Crippen LogP contribution in [0.5, 0.6) is 0 Å². The summed E-state index contributed by atoms with van der Waals surface area (Å²) in [4.78, 5) is 54.5. The zero-order valence-electron chi connectivity index (χ0n) is 21.2. The van der Waals surface area contributed by atoms with Crippen molar-refractivity contribution in [3.05, 3.63) is 116 Å². The lowest BCUT2D eigenvalue weighted by atomic mass is 10.2. The van der Waals surface area contributed by atoms with Gasteiger partial charge in [0.25, 0.3) is 11.8 Å². The van der Waals surface area contributed by atoms with E-state index < -0.39 is 23.0 Å². The standard InChI is InChI=1S/C30H21Cl2N3O4S2/c31-19-11-12-23(32)25(14-19)35-27(36)17-26(30(35)39)41-22-9-4-8-20(15-22)33-29(38)24(16-21-10-5-13-40-21)34-28(37)18-6-2-1-3-7-18/h1-16,26H,17H2,(H,33,38)(H,34,37)/b24-16-/t26-/m1/s1. The second-order valence-electron chi connectivity index (χ2n) is 8.85. The normalized spacial score (nSPS) is 15.2. The van der Waals surface area contributed by atoms with Crippen LogP contribution in [0.25, 0.3) is 6.08 Å². The molecule has 41 heavy (non-hydrogen) atoms. The van der Waals surface area contributed by atoms with Crippen molar-refractivity contribution < 1.29 is 19.2 Å². The second-order valence-corrected chi connectivity index (χ2v) is 11.9. The highest BCUT2D eigenvalue weighted by Crippen LogP contribution is 2.38. The third kappa shape index (κ3) is 6.89. The van der Waals surface area contributed by atoms with Crippen LogP contribution < -0.4 is 15.5 Å². The Hall–Kier alpha value is -3.89. The Labute approximate surface area is 254 Å². The molecular weight excluding hydrogens is 601 g/mol. The lowest BCUT2D eigenvalue weighted by Gasteiger charge is -2.17. The van der Waals surface area contributed by atoms with Gasteiger partial charge in [0.15, 0.2) is 0 Å². The van der Waals surface area contributed by atoms with Crippen LogP contribution >= 0.6 is 46.3 Å². The Balaban J connectivity index is 1.31. The number of hydrogen-bond acceptors (Lipinski definition) is 6. The summed E-state index contributed by atoms with van der Waals surface area (Å²) < 4.78 is 0. The average Bonchev–Trinajstić information content (AvgIpc) is 3.57. The number of rotatable bonds is 8. The van der Waals surface area contributed by atoms with Crippen molar-refractivity contribution in [2.24, 2.45) is 0 Å². The molecule has 3 aromatic carbocycles. The summed E-state index contributed by atoms with van der Waals surface area (Å²) in [5.41, 5.74) is 1.20. The van der Waals surface area contributed by atoms with E-state index in [1.54, 1.807) is 66.7 Å². The lowest BCUT2D eigenvalue weighted by Crippen LogP contribution is -2.31. The van der Waals surface area contributed by atoms with Crippen LogP contribution in [0.3, 0.4) is 0 Å². The third-order valence-corrected chi connectivity index (χ3v) is 8.54. The first kappa shape index (κ1) is 28.6. The fraction of sp³-hybridized carbons (Fsp3) is 0.0667. The van der Waals surface area contributed by atoms with Gasteiger partial charge in [-0.1, -0.05) is 53.5 Å². The summed E-state index contributed by atoms with van der Waals surface area (Å²) in [5.74, 6) is -1.71. The zero-order chi connectivity index (χ0) is 28.9. The average molecular weight is 623 g/mol. The number of halogens is 2. The molecule has 5 rings (SSSR count). The summed E-state index contributed by atoms with van der Waals surface area (Å²) >= 11 is 14.9. The second kappa shape index (κ2) is 12.7. The summed E-state index contributed by atoms with van der Waals surface area (Å²) in [6, 6.07) is 23.8. The number of imide groups is 1. The van der Waals surface area contributed by atoms with Crippen molar-refractivity contribution in [3.63, 3.8) is 0 Å². The number of thioether (sulfide) groups is 1. The third-order valence-electron chi connectivity index (χ3n) is 5.98. The predicted molar refractivity (Wildman–Crippen MR) is 164 cm³/mol. The van der Waals surface area contributed by atoms with Crippen molar-refractivity contribution in [1.29, 1.82) is 0 Å². The highest BCUT2D eigenvalue weighted by atomic mass is 35.5. The number of carbonyl (C=O) groups is 4. The van der Waals surface area contributed by atoms with Crippen LogP contribution in [0.15, 0.2) is 101 Å². The SMILES string of the molecule is O=C(Nc1cccc(S[C@@H]2CC(=O)N(c3cc(Cl)ccc3Cl)C2=O)c1)/C(=C/c1cccs1)NC(=O)c1ccccc1. The largest absolute Gasteiger partial charge is 0.321 e. The van der Waals surface area contributed by atoms with E-state index in [2.05, 4.69) is 10.6 Å². The van der Waals surface area contributed by atoms with E-state index in [4.69, 9.17) is 23.2 Å². The molecule has 0 radical (unpaired) electrons. The fourth-order valence-corrected chi connectivity index (χ4v) is 6.21. The number of nitrogens with zero attached hydrogens (tertiary/aromatic N) is 1. The van der Waals surface area contributed by atoms with Crippen molar-refractivity contribution in [2.75, 3.05) is 10.2 Å². The van der Waals surface area contributed by atoms with Crippen LogP contribution in [0.4, 0.5) is 11.4 Å². The molecular formula is C30H21Cl2N3O4S2. The monoisotopic (exact) mass is 621 g/mol. The molecule has 1 fully saturated rings. The number of anilines is 2. The molecule has 1 aliphatic rings. The molecule has 0 saturated carbocycles. The molecule has 1 saturated heterocycles. The first-order valence-corrected chi connectivity index (χ1v) is 14.8. The van der Waals surface area contributed by atoms with E-state index in [1.165, 1.54) is 35.2 Å². The molecule has 1 atom stereocenters. The fourth-order valence-electron chi connectivity index (χ4n) is 4.07. The van der Waals surface area contributed by atoms with Gasteiger partial charge in [0.05, 0.1) is 16.0 Å². The smallest absolute Gasteiger partial charge is 0.272 e. The van der Waals surface area contributed by atoms with Gasteiger partial charge in [0.2, 0.25) is 11.8 Å². The Morgan fingerprint density at radius 2 is 1.76 bits per heavy atom. The number of benzene rings is 3. The van der Waals surface area contributed by atoms with Crippen LogP contribution in [0.2, 0.25) is 10.0 Å².